The molecule has 138 valence electrons. The molecule has 1 N–H and O–H groups in total. The van der Waals surface area contributed by atoms with Crippen LogP contribution < -0.4 is 10.4 Å². The van der Waals surface area contributed by atoms with Crippen molar-refractivity contribution in [2.75, 3.05) is 11.9 Å². The number of carboxylic acids is 1. The number of carboxylic acid groups (broad SMARTS) is 1. The summed E-state index contributed by atoms with van der Waals surface area (Å²) in [5, 5.41) is 15.3. The van der Waals surface area contributed by atoms with E-state index < -0.39 is 11.9 Å². The Hall–Kier alpha value is -3.12. The van der Waals surface area contributed by atoms with Crippen molar-refractivity contribution in [1.82, 2.24) is 4.98 Å². The van der Waals surface area contributed by atoms with E-state index in [1.165, 1.54) is 18.3 Å². The molecule has 0 bridgehead atoms. The standard InChI is InChI=1S/C20H17ClN2O4/c1-3-27-20(26)16-10-22-17-11(2)8-13(21)9-15(17)18(16)23-14-6-4-12(5-7-14)19(24)25/h4-10H,3H2,1-2H3,(H,22,23)(H,24,25)/p-1. The normalized spacial score (nSPS) is 10.6. The molecule has 0 atom stereocenters. The number of carbonyl (C=O) groups excluding carboxylic acids is 2. The van der Waals surface area contributed by atoms with Crippen molar-refractivity contribution in [2.45, 2.75) is 13.8 Å². The Labute approximate surface area is 160 Å². The third kappa shape index (κ3) is 3.85. The van der Waals surface area contributed by atoms with Gasteiger partial charge in [0.2, 0.25) is 0 Å². The van der Waals surface area contributed by atoms with E-state index in [1.54, 1.807) is 31.2 Å². The Balaban J connectivity index is 2.16. The zero-order chi connectivity index (χ0) is 19.6. The van der Waals surface area contributed by atoms with E-state index in [4.69, 9.17) is 16.3 Å². The summed E-state index contributed by atoms with van der Waals surface area (Å²) in [6.07, 6.45) is 1.46. The number of fused-ring (bicyclic) bond motifs is 1. The van der Waals surface area contributed by atoms with Crippen LogP contribution in [0.3, 0.4) is 0 Å². The molecule has 0 amide bonds. The monoisotopic (exact) mass is 383 g/mol. The maximum Gasteiger partial charge on any atom is 0.341 e. The maximum atomic E-state index is 12.4. The van der Waals surface area contributed by atoms with Crippen molar-refractivity contribution in [3.05, 3.63) is 64.3 Å². The molecule has 1 heterocycles. The van der Waals surface area contributed by atoms with E-state index in [0.717, 1.165) is 5.56 Å². The molecule has 3 rings (SSSR count). The number of hydrogen-bond donors (Lipinski definition) is 1. The third-order valence-electron chi connectivity index (χ3n) is 4.01. The van der Waals surface area contributed by atoms with Crippen molar-refractivity contribution in [3.63, 3.8) is 0 Å². The van der Waals surface area contributed by atoms with Crippen molar-refractivity contribution >= 4 is 45.8 Å². The number of aryl methyl sites for hydroxylation is 1. The second kappa shape index (κ2) is 7.63. The summed E-state index contributed by atoms with van der Waals surface area (Å²) >= 11 is 6.20. The molecule has 0 radical (unpaired) electrons. The molecule has 0 aliphatic rings. The predicted octanol–water partition coefficient (Wildman–Crippen LogP) is 3.48. The van der Waals surface area contributed by atoms with Crippen molar-refractivity contribution in [1.29, 1.82) is 0 Å². The number of benzene rings is 2. The number of hydrogen-bond acceptors (Lipinski definition) is 6. The summed E-state index contributed by atoms with van der Waals surface area (Å²) in [6.45, 7) is 3.83. The minimum atomic E-state index is -1.26. The van der Waals surface area contributed by atoms with Gasteiger partial charge in [0, 0.05) is 22.3 Å². The molecule has 0 spiro atoms. The van der Waals surface area contributed by atoms with Crippen LogP contribution in [0.1, 0.15) is 33.2 Å². The average molecular weight is 384 g/mol. The smallest absolute Gasteiger partial charge is 0.341 e. The Morgan fingerprint density at radius 2 is 1.93 bits per heavy atom. The highest BCUT2D eigenvalue weighted by molar-refractivity contribution is 6.31. The molecule has 6 nitrogen and oxygen atoms in total. The van der Waals surface area contributed by atoms with Gasteiger partial charge in [-0.2, -0.15) is 0 Å². The first-order valence-electron chi connectivity index (χ1n) is 8.25. The van der Waals surface area contributed by atoms with Gasteiger partial charge in [0.25, 0.3) is 0 Å². The predicted molar refractivity (Wildman–Crippen MR) is 102 cm³/mol. The first kappa shape index (κ1) is 18.7. The molecule has 27 heavy (non-hydrogen) atoms. The highest BCUT2D eigenvalue weighted by Crippen LogP contribution is 2.33. The highest BCUT2D eigenvalue weighted by atomic mass is 35.5. The van der Waals surface area contributed by atoms with Gasteiger partial charge < -0.3 is 20.0 Å². The minimum absolute atomic E-state index is 0.0599. The lowest BCUT2D eigenvalue weighted by molar-refractivity contribution is -0.255. The molecule has 0 aliphatic heterocycles. The van der Waals surface area contributed by atoms with Gasteiger partial charge in [-0.3, -0.25) is 4.98 Å². The second-order valence-electron chi connectivity index (χ2n) is 5.88. The first-order valence-corrected chi connectivity index (χ1v) is 8.63. The van der Waals surface area contributed by atoms with E-state index in [2.05, 4.69) is 10.3 Å². The van der Waals surface area contributed by atoms with Crippen molar-refractivity contribution < 1.29 is 19.4 Å². The van der Waals surface area contributed by atoms with Crippen molar-refractivity contribution in [3.8, 4) is 0 Å². The van der Waals surface area contributed by atoms with Crippen LogP contribution in [0.5, 0.6) is 0 Å². The molecule has 0 saturated carbocycles. The van der Waals surface area contributed by atoms with Gasteiger partial charge in [-0.1, -0.05) is 23.7 Å². The molecule has 0 unspecified atom stereocenters. The number of halogens is 1. The quantitative estimate of drug-likeness (QED) is 0.678. The number of pyridine rings is 1. The third-order valence-corrected chi connectivity index (χ3v) is 4.23. The van der Waals surface area contributed by atoms with Gasteiger partial charge >= 0.3 is 5.97 Å². The molecule has 3 aromatic rings. The second-order valence-corrected chi connectivity index (χ2v) is 6.31. The molecule has 0 aliphatic carbocycles. The van der Waals surface area contributed by atoms with Crippen LogP contribution in [0.2, 0.25) is 5.02 Å². The number of aromatic carboxylic acids is 1. The summed E-state index contributed by atoms with van der Waals surface area (Å²) in [4.78, 5) is 27.7. The number of esters is 1. The molecular weight excluding hydrogens is 368 g/mol. The maximum absolute atomic E-state index is 12.4. The zero-order valence-electron chi connectivity index (χ0n) is 14.7. The summed E-state index contributed by atoms with van der Waals surface area (Å²) in [7, 11) is 0. The fourth-order valence-electron chi connectivity index (χ4n) is 2.77. The van der Waals surface area contributed by atoms with E-state index in [9.17, 15) is 14.7 Å². The van der Waals surface area contributed by atoms with Gasteiger partial charge in [0.1, 0.15) is 5.56 Å². The van der Waals surface area contributed by atoms with Gasteiger partial charge in [0.15, 0.2) is 0 Å². The van der Waals surface area contributed by atoms with Crippen LogP contribution in [0.25, 0.3) is 10.9 Å². The number of nitrogens with one attached hydrogen (secondary N) is 1. The molecule has 7 heteroatoms. The fourth-order valence-corrected chi connectivity index (χ4v) is 3.04. The summed E-state index contributed by atoms with van der Waals surface area (Å²) < 4.78 is 5.13. The number of rotatable bonds is 5. The molecule has 2 aromatic carbocycles. The molecule has 0 fully saturated rings. The summed E-state index contributed by atoms with van der Waals surface area (Å²) in [5.41, 5.74) is 2.96. The lowest BCUT2D eigenvalue weighted by Gasteiger charge is -2.16. The van der Waals surface area contributed by atoms with E-state index in [1.807, 2.05) is 6.92 Å². The summed E-state index contributed by atoms with van der Waals surface area (Å²) in [5.74, 6) is -1.77. The fraction of sp³-hybridized carbons (Fsp3) is 0.150. The van der Waals surface area contributed by atoms with Crippen LogP contribution in [0.4, 0.5) is 11.4 Å². The molecule has 1 aromatic heterocycles. The highest BCUT2D eigenvalue weighted by Gasteiger charge is 2.18. The Kier molecular flexibility index (Phi) is 5.28. The average Bonchev–Trinajstić information content (AvgIpc) is 2.62. The van der Waals surface area contributed by atoms with E-state index in [0.29, 0.717) is 27.3 Å². The number of nitrogens with zero attached hydrogens (tertiary/aromatic N) is 1. The van der Waals surface area contributed by atoms with Crippen molar-refractivity contribution in [2.24, 2.45) is 0 Å². The Bertz CT molecular complexity index is 1030. The lowest BCUT2D eigenvalue weighted by Crippen LogP contribution is -2.21. The SMILES string of the molecule is CCOC(=O)c1cnc2c(C)cc(Cl)cc2c1Nc1ccc(C(=O)[O-])cc1. The van der Waals surface area contributed by atoms with Crippen LogP contribution in [0, 0.1) is 6.92 Å². The van der Waals surface area contributed by atoms with Gasteiger partial charge in [0.05, 0.1) is 23.8 Å². The number of aromatic nitrogens is 1. The number of ether oxygens (including phenoxy) is 1. The first-order chi connectivity index (χ1) is 12.9. The van der Waals surface area contributed by atoms with Crippen LogP contribution in [-0.2, 0) is 4.74 Å². The topological polar surface area (TPSA) is 91.3 Å². The zero-order valence-corrected chi connectivity index (χ0v) is 15.5. The molecule has 0 saturated heterocycles. The van der Waals surface area contributed by atoms with Crippen LogP contribution in [0.15, 0.2) is 42.6 Å². The van der Waals surface area contributed by atoms with Gasteiger partial charge in [-0.15, -0.1) is 0 Å². The number of carbonyl (C=O) groups is 2. The number of anilines is 2. The Morgan fingerprint density at radius 1 is 1.22 bits per heavy atom. The molecular formula is C20H16ClN2O4-. The van der Waals surface area contributed by atoms with E-state index in [-0.39, 0.29) is 17.7 Å². The lowest BCUT2D eigenvalue weighted by atomic mass is 10.1. The van der Waals surface area contributed by atoms with Gasteiger partial charge in [-0.05, 0) is 49.2 Å². The van der Waals surface area contributed by atoms with E-state index >= 15 is 0 Å². The largest absolute Gasteiger partial charge is 0.545 e. The minimum Gasteiger partial charge on any atom is -0.545 e. The summed E-state index contributed by atoms with van der Waals surface area (Å²) in [6, 6.07) is 9.52. The van der Waals surface area contributed by atoms with Crippen LogP contribution >= 0.6 is 11.6 Å². The Morgan fingerprint density at radius 3 is 2.56 bits per heavy atom. The van der Waals surface area contributed by atoms with Gasteiger partial charge in [-0.25, -0.2) is 4.79 Å². The van der Waals surface area contributed by atoms with Crippen LogP contribution in [-0.4, -0.2) is 23.5 Å².